The number of amides is 1. The Morgan fingerprint density at radius 1 is 1.29 bits per heavy atom. The molecule has 1 N–H and O–H groups in total. The summed E-state index contributed by atoms with van der Waals surface area (Å²) in [6.45, 7) is 2.42. The van der Waals surface area contributed by atoms with Gasteiger partial charge in [0.05, 0.1) is 17.6 Å². The van der Waals surface area contributed by atoms with Gasteiger partial charge in [-0.2, -0.15) is 10.2 Å². The number of carbonyl (C=O) groups excluding carboxylic acids is 1. The molecule has 0 aliphatic carbocycles. The van der Waals surface area contributed by atoms with Gasteiger partial charge in [0.2, 0.25) is 0 Å². The SMILES string of the molecule is Cn1nc(-c2ccc(F)cc2)cc1C(=O)Nc1cnn(CC2CCOCC2)c1. The predicted molar refractivity (Wildman–Crippen MR) is 102 cm³/mol. The maximum Gasteiger partial charge on any atom is 0.274 e. The first-order valence-corrected chi connectivity index (χ1v) is 9.30. The fourth-order valence-corrected chi connectivity index (χ4v) is 3.36. The van der Waals surface area contributed by atoms with E-state index in [0.717, 1.165) is 38.2 Å². The largest absolute Gasteiger partial charge is 0.381 e. The molecule has 0 bridgehead atoms. The molecule has 28 heavy (non-hydrogen) atoms. The summed E-state index contributed by atoms with van der Waals surface area (Å²) in [6, 6.07) is 7.71. The van der Waals surface area contributed by atoms with Gasteiger partial charge in [-0.15, -0.1) is 0 Å². The Balaban J connectivity index is 1.43. The van der Waals surface area contributed by atoms with Crippen molar-refractivity contribution >= 4 is 11.6 Å². The van der Waals surface area contributed by atoms with Crippen molar-refractivity contribution in [2.24, 2.45) is 13.0 Å². The summed E-state index contributed by atoms with van der Waals surface area (Å²) in [5.41, 5.74) is 2.42. The van der Waals surface area contributed by atoms with E-state index < -0.39 is 0 Å². The second kappa shape index (κ2) is 7.93. The molecule has 8 heteroatoms. The van der Waals surface area contributed by atoms with E-state index in [0.29, 0.717) is 23.0 Å². The molecule has 1 fully saturated rings. The first-order chi connectivity index (χ1) is 13.6. The van der Waals surface area contributed by atoms with Crippen LogP contribution in [0.1, 0.15) is 23.3 Å². The van der Waals surface area contributed by atoms with E-state index in [1.165, 1.54) is 16.8 Å². The molecule has 0 spiro atoms. The van der Waals surface area contributed by atoms with Crippen molar-refractivity contribution in [3.8, 4) is 11.3 Å². The second-order valence-electron chi connectivity index (χ2n) is 7.01. The minimum absolute atomic E-state index is 0.269. The zero-order valence-corrected chi connectivity index (χ0v) is 15.6. The highest BCUT2D eigenvalue weighted by atomic mass is 19.1. The van der Waals surface area contributed by atoms with Crippen LogP contribution >= 0.6 is 0 Å². The number of aromatic nitrogens is 4. The van der Waals surface area contributed by atoms with E-state index >= 15 is 0 Å². The predicted octanol–water partition coefficient (Wildman–Crippen LogP) is 3.10. The molecular formula is C20H22FN5O2. The van der Waals surface area contributed by atoms with Gasteiger partial charge in [0.1, 0.15) is 11.5 Å². The zero-order chi connectivity index (χ0) is 19.5. The summed E-state index contributed by atoms with van der Waals surface area (Å²) < 4.78 is 21.9. The number of carbonyl (C=O) groups is 1. The molecule has 1 aromatic carbocycles. The third-order valence-corrected chi connectivity index (χ3v) is 4.93. The first-order valence-electron chi connectivity index (χ1n) is 9.30. The fraction of sp³-hybridized carbons (Fsp3) is 0.350. The van der Waals surface area contributed by atoms with Crippen LogP contribution in [-0.2, 0) is 18.3 Å². The topological polar surface area (TPSA) is 74.0 Å². The number of hydrogen-bond donors (Lipinski definition) is 1. The highest BCUT2D eigenvalue weighted by molar-refractivity contribution is 6.03. The van der Waals surface area contributed by atoms with Crippen molar-refractivity contribution < 1.29 is 13.9 Å². The van der Waals surface area contributed by atoms with Crippen LogP contribution in [0, 0.1) is 11.7 Å². The number of nitrogens with one attached hydrogen (secondary N) is 1. The molecule has 0 atom stereocenters. The van der Waals surface area contributed by atoms with Gasteiger partial charge in [0.15, 0.2) is 0 Å². The van der Waals surface area contributed by atoms with Crippen LogP contribution in [0.4, 0.5) is 10.1 Å². The zero-order valence-electron chi connectivity index (χ0n) is 15.6. The van der Waals surface area contributed by atoms with Crippen LogP contribution < -0.4 is 5.32 Å². The Hall–Kier alpha value is -3.00. The first kappa shape index (κ1) is 18.4. The molecule has 3 heterocycles. The Bertz CT molecular complexity index is 957. The minimum Gasteiger partial charge on any atom is -0.381 e. The number of halogens is 1. The quantitative estimate of drug-likeness (QED) is 0.735. The molecular weight excluding hydrogens is 361 g/mol. The van der Waals surface area contributed by atoms with E-state index in [9.17, 15) is 9.18 Å². The maximum absolute atomic E-state index is 13.1. The normalized spacial score (nSPS) is 14.9. The number of anilines is 1. The average molecular weight is 383 g/mol. The van der Waals surface area contributed by atoms with Crippen molar-refractivity contribution in [3.63, 3.8) is 0 Å². The Kier molecular flexibility index (Phi) is 5.21. The third-order valence-electron chi connectivity index (χ3n) is 4.93. The van der Waals surface area contributed by atoms with Gasteiger partial charge in [-0.3, -0.25) is 14.2 Å². The van der Waals surface area contributed by atoms with Gasteiger partial charge in [-0.1, -0.05) is 0 Å². The van der Waals surface area contributed by atoms with Crippen molar-refractivity contribution in [2.45, 2.75) is 19.4 Å². The molecule has 1 amide bonds. The van der Waals surface area contributed by atoms with Gasteiger partial charge in [0.25, 0.3) is 5.91 Å². The van der Waals surface area contributed by atoms with Crippen LogP contribution in [0.25, 0.3) is 11.3 Å². The summed E-state index contributed by atoms with van der Waals surface area (Å²) in [7, 11) is 1.70. The maximum atomic E-state index is 13.1. The molecule has 0 saturated carbocycles. The van der Waals surface area contributed by atoms with E-state index in [-0.39, 0.29) is 11.7 Å². The lowest BCUT2D eigenvalue weighted by atomic mass is 10.0. The lowest BCUT2D eigenvalue weighted by Crippen LogP contribution is -2.20. The lowest BCUT2D eigenvalue weighted by molar-refractivity contribution is 0.0601. The smallest absolute Gasteiger partial charge is 0.274 e. The van der Waals surface area contributed by atoms with E-state index in [2.05, 4.69) is 15.5 Å². The summed E-state index contributed by atoms with van der Waals surface area (Å²) >= 11 is 0. The number of nitrogens with zero attached hydrogens (tertiary/aromatic N) is 4. The Morgan fingerprint density at radius 2 is 2.04 bits per heavy atom. The highest BCUT2D eigenvalue weighted by Gasteiger charge is 2.17. The molecule has 7 nitrogen and oxygen atoms in total. The number of benzene rings is 1. The Labute approximate surface area is 162 Å². The summed E-state index contributed by atoms with van der Waals surface area (Å²) in [6.07, 6.45) is 5.55. The molecule has 1 saturated heterocycles. The van der Waals surface area contributed by atoms with E-state index in [1.54, 1.807) is 31.4 Å². The standard InChI is InChI=1S/C20H22FN5O2/c1-25-19(10-18(24-25)15-2-4-16(21)5-3-15)20(27)23-17-11-22-26(13-17)12-14-6-8-28-9-7-14/h2-5,10-11,13-14H,6-9,12H2,1H3,(H,23,27). The van der Waals surface area contributed by atoms with Gasteiger partial charge in [-0.25, -0.2) is 4.39 Å². The molecule has 146 valence electrons. The minimum atomic E-state index is -0.310. The van der Waals surface area contributed by atoms with Crippen molar-refractivity contribution in [1.82, 2.24) is 19.6 Å². The van der Waals surface area contributed by atoms with Crippen LogP contribution in [0.2, 0.25) is 0 Å². The second-order valence-corrected chi connectivity index (χ2v) is 7.01. The van der Waals surface area contributed by atoms with Gasteiger partial charge < -0.3 is 10.1 Å². The van der Waals surface area contributed by atoms with Gasteiger partial charge >= 0.3 is 0 Å². The van der Waals surface area contributed by atoms with Gasteiger partial charge in [0, 0.05) is 38.6 Å². The molecule has 1 aliphatic rings. The van der Waals surface area contributed by atoms with Crippen molar-refractivity contribution in [1.29, 1.82) is 0 Å². The monoisotopic (exact) mass is 383 g/mol. The molecule has 0 unspecified atom stereocenters. The highest BCUT2D eigenvalue weighted by Crippen LogP contribution is 2.21. The summed E-state index contributed by atoms with van der Waals surface area (Å²) in [4.78, 5) is 12.6. The molecule has 0 radical (unpaired) electrons. The number of hydrogen-bond acceptors (Lipinski definition) is 4. The van der Waals surface area contributed by atoms with Crippen molar-refractivity contribution in [2.75, 3.05) is 18.5 Å². The Morgan fingerprint density at radius 3 is 2.79 bits per heavy atom. The molecule has 1 aliphatic heterocycles. The van der Waals surface area contributed by atoms with Crippen LogP contribution in [-0.4, -0.2) is 38.7 Å². The summed E-state index contributed by atoms with van der Waals surface area (Å²) in [5, 5.41) is 11.6. The number of ether oxygens (including phenoxy) is 1. The molecule has 3 aromatic rings. The van der Waals surface area contributed by atoms with Gasteiger partial charge in [-0.05, 0) is 49.1 Å². The van der Waals surface area contributed by atoms with Crippen LogP contribution in [0.3, 0.4) is 0 Å². The summed E-state index contributed by atoms with van der Waals surface area (Å²) in [5.74, 6) is -0.0306. The number of rotatable bonds is 5. The fourth-order valence-electron chi connectivity index (χ4n) is 3.36. The lowest BCUT2D eigenvalue weighted by Gasteiger charge is -2.21. The van der Waals surface area contributed by atoms with Crippen molar-refractivity contribution in [3.05, 3.63) is 54.2 Å². The van der Waals surface area contributed by atoms with Crippen LogP contribution in [0.5, 0.6) is 0 Å². The van der Waals surface area contributed by atoms with Crippen LogP contribution in [0.15, 0.2) is 42.7 Å². The van der Waals surface area contributed by atoms with E-state index in [4.69, 9.17) is 4.74 Å². The molecule has 2 aromatic heterocycles. The third kappa shape index (κ3) is 4.12. The molecule has 4 rings (SSSR count). The van der Waals surface area contributed by atoms with E-state index in [1.807, 2.05) is 10.9 Å². The average Bonchev–Trinajstić information content (AvgIpc) is 3.29. The number of aryl methyl sites for hydroxylation is 1.